The highest BCUT2D eigenvalue weighted by atomic mass is 32.1. The summed E-state index contributed by atoms with van der Waals surface area (Å²) in [5.74, 6) is -3.55. The summed E-state index contributed by atoms with van der Waals surface area (Å²) >= 11 is 0.737. The number of thiazole rings is 1. The fraction of sp³-hybridized carbons (Fsp3) is 0.200. The second kappa shape index (κ2) is 8.20. The molecule has 0 atom stereocenters. The molecule has 0 bridgehead atoms. The number of furan rings is 1. The molecule has 0 aliphatic carbocycles. The van der Waals surface area contributed by atoms with Gasteiger partial charge in [-0.2, -0.15) is 13.2 Å². The Morgan fingerprint density at radius 3 is 2.65 bits per heavy atom. The molecule has 2 N–H and O–H groups in total. The Balaban J connectivity index is 1.62. The average Bonchev–Trinajstić information content (AvgIpc) is 3.29. The number of nitrogens with zero attached hydrogens (tertiary/aromatic N) is 2. The van der Waals surface area contributed by atoms with Crippen LogP contribution in [0, 0.1) is 18.6 Å². The van der Waals surface area contributed by atoms with Crippen molar-refractivity contribution in [3.05, 3.63) is 66.9 Å². The molecule has 0 fully saturated rings. The minimum atomic E-state index is -5.04. The van der Waals surface area contributed by atoms with Gasteiger partial charge in [-0.15, -0.1) is 11.3 Å². The number of aromatic nitrogens is 3. The van der Waals surface area contributed by atoms with E-state index in [2.05, 4.69) is 15.3 Å². The lowest BCUT2D eigenvalue weighted by atomic mass is 10.1. The van der Waals surface area contributed by atoms with Gasteiger partial charge >= 0.3 is 11.9 Å². The molecular formula is C20H13F5N4O4S. The maximum Gasteiger partial charge on any atom is 0.419 e. The maximum absolute atomic E-state index is 14.4. The number of rotatable bonds is 4. The van der Waals surface area contributed by atoms with Gasteiger partial charge in [-0.1, -0.05) is 0 Å². The molecule has 3 heterocycles. The largest absolute Gasteiger partial charge is 0.444 e. The van der Waals surface area contributed by atoms with Crippen LogP contribution >= 0.6 is 11.3 Å². The van der Waals surface area contributed by atoms with E-state index in [1.165, 1.54) is 14.0 Å². The van der Waals surface area contributed by atoms with Crippen LogP contribution in [0.15, 0.2) is 31.5 Å². The Hall–Kier alpha value is -3.81. The molecule has 0 aliphatic heterocycles. The number of benzene rings is 1. The zero-order valence-electron chi connectivity index (χ0n) is 17.3. The van der Waals surface area contributed by atoms with E-state index in [0.717, 1.165) is 21.3 Å². The van der Waals surface area contributed by atoms with Gasteiger partial charge in [-0.25, -0.2) is 18.6 Å². The van der Waals surface area contributed by atoms with Gasteiger partial charge in [0.05, 0.1) is 23.2 Å². The molecule has 0 aliphatic rings. The molecule has 4 rings (SSSR count). The molecule has 0 unspecified atom stereocenters. The lowest BCUT2D eigenvalue weighted by molar-refractivity contribution is -0.140. The van der Waals surface area contributed by atoms with Crippen molar-refractivity contribution in [3.8, 4) is 11.3 Å². The molecule has 8 nitrogen and oxygen atoms in total. The molecule has 4 aromatic rings. The molecule has 34 heavy (non-hydrogen) atoms. The Morgan fingerprint density at radius 2 is 1.97 bits per heavy atom. The first-order valence-electron chi connectivity index (χ1n) is 9.40. The summed E-state index contributed by atoms with van der Waals surface area (Å²) in [7, 11) is 1.25. The molecule has 1 aromatic carbocycles. The van der Waals surface area contributed by atoms with Crippen molar-refractivity contribution in [1.82, 2.24) is 14.5 Å². The molecule has 3 aromatic heterocycles. The Bertz CT molecular complexity index is 1560. The van der Waals surface area contributed by atoms with Gasteiger partial charge in [0.25, 0.3) is 5.56 Å². The number of H-pyrrole nitrogens is 1. The number of anilines is 1. The number of aromatic amines is 1. The Kier molecular flexibility index (Phi) is 5.63. The summed E-state index contributed by atoms with van der Waals surface area (Å²) < 4.78 is 73.6. The molecule has 0 saturated carbocycles. The summed E-state index contributed by atoms with van der Waals surface area (Å²) in [5, 5.41) is 3.33. The summed E-state index contributed by atoms with van der Waals surface area (Å²) in [4.78, 5) is 42.9. The fourth-order valence-electron chi connectivity index (χ4n) is 3.32. The molecule has 0 radical (unpaired) electrons. The number of carbonyl (C=O) groups excluding carboxylic acids is 1. The first kappa shape index (κ1) is 23.4. The highest BCUT2D eigenvalue weighted by Crippen LogP contribution is 2.37. The van der Waals surface area contributed by atoms with Crippen molar-refractivity contribution < 1.29 is 31.2 Å². The van der Waals surface area contributed by atoms with Crippen molar-refractivity contribution in [2.75, 3.05) is 5.32 Å². The van der Waals surface area contributed by atoms with Crippen LogP contribution in [0.3, 0.4) is 0 Å². The molecular weight excluding hydrogens is 487 g/mol. The van der Waals surface area contributed by atoms with Crippen molar-refractivity contribution in [1.29, 1.82) is 0 Å². The molecule has 178 valence electrons. The van der Waals surface area contributed by atoms with Crippen LogP contribution in [-0.2, 0) is 24.4 Å². The van der Waals surface area contributed by atoms with Gasteiger partial charge in [0.1, 0.15) is 22.8 Å². The van der Waals surface area contributed by atoms with Crippen molar-refractivity contribution in [2.45, 2.75) is 19.5 Å². The number of amides is 1. The average molecular weight is 500 g/mol. The predicted molar refractivity (Wildman–Crippen MR) is 112 cm³/mol. The molecule has 1 amide bonds. The van der Waals surface area contributed by atoms with Crippen LogP contribution in [0.2, 0.25) is 0 Å². The van der Waals surface area contributed by atoms with E-state index in [1.54, 1.807) is 0 Å². The van der Waals surface area contributed by atoms with Crippen LogP contribution in [0.25, 0.3) is 22.4 Å². The zero-order valence-corrected chi connectivity index (χ0v) is 18.1. The van der Waals surface area contributed by atoms with E-state index in [9.17, 15) is 36.3 Å². The number of carbonyl (C=O) groups is 1. The molecule has 0 saturated heterocycles. The van der Waals surface area contributed by atoms with E-state index < -0.39 is 51.8 Å². The van der Waals surface area contributed by atoms with Gasteiger partial charge in [-0.3, -0.25) is 19.1 Å². The highest BCUT2D eigenvalue weighted by Gasteiger charge is 2.36. The quantitative estimate of drug-likeness (QED) is 0.415. The number of hydrogen-bond acceptors (Lipinski definition) is 6. The topological polar surface area (TPSA) is 110 Å². The summed E-state index contributed by atoms with van der Waals surface area (Å²) in [5.41, 5.74) is -4.33. The second-order valence-corrected chi connectivity index (χ2v) is 8.04. The first-order chi connectivity index (χ1) is 15.9. The molecule has 0 spiro atoms. The fourth-order valence-corrected chi connectivity index (χ4v) is 4.04. The van der Waals surface area contributed by atoms with Crippen LogP contribution in [-0.4, -0.2) is 20.4 Å². The van der Waals surface area contributed by atoms with Crippen LogP contribution in [0.4, 0.5) is 27.1 Å². The molecule has 14 heteroatoms. The normalized spacial score (nSPS) is 11.9. The van der Waals surface area contributed by atoms with E-state index in [0.29, 0.717) is 6.07 Å². The highest BCUT2D eigenvalue weighted by molar-refractivity contribution is 7.14. The summed E-state index contributed by atoms with van der Waals surface area (Å²) in [6.07, 6.45) is -5.41. The van der Waals surface area contributed by atoms with Gasteiger partial charge in [0, 0.05) is 18.0 Å². The third-order valence-corrected chi connectivity index (χ3v) is 5.75. The minimum absolute atomic E-state index is 0.00249. The Labute approximate surface area is 189 Å². The lowest BCUT2D eigenvalue weighted by Crippen LogP contribution is -2.32. The first-order valence-corrected chi connectivity index (χ1v) is 10.3. The Morgan fingerprint density at radius 1 is 1.26 bits per heavy atom. The number of halogens is 5. The lowest BCUT2D eigenvalue weighted by Gasteiger charge is -2.10. The number of hydrogen-bond donors (Lipinski definition) is 2. The van der Waals surface area contributed by atoms with Crippen LogP contribution < -0.4 is 16.6 Å². The monoisotopic (exact) mass is 500 g/mol. The zero-order chi connectivity index (χ0) is 24.9. The van der Waals surface area contributed by atoms with Gasteiger partial charge in [0.15, 0.2) is 5.13 Å². The number of nitrogens with one attached hydrogen (secondary N) is 2. The predicted octanol–water partition coefficient (Wildman–Crippen LogP) is 3.73. The second-order valence-electron chi connectivity index (χ2n) is 7.18. The van der Waals surface area contributed by atoms with Crippen molar-refractivity contribution >= 4 is 33.5 Å². The van der Waals surface area contributed by atoms with Gasteiger partial charge < -0.3 is 9.73 Å². The number of alkyl halides is 3. The van der Waals surface area contributed by atoms with Crippen LogP contribution in [0.1, 0.15) is 16.9 Å². The third-order valence-electron chi connectivity index (χ3n) is 4.99. The van der Waals surface area contributed by atoms with Gasteiger partial charge in [-0.05, 0) is 19.1 Å². The van der Waals surface area contributed by atoms with Crippen molar-refractivity contribution in [3.63, 3.8) is 0 Å². The van der Waals surface area contributed by atoms with E-state index >= 15 is 0 Å². The standard InChI is InChI=1S/C20H13F5N4O4S/c1-7-8(13-16(33-7)28-19(32)29(2)17(13)31)5-12(30)27-18-26-11(6-34-18)14-10(21)4-3-9(15(14)22)20(23,24)25/h3-4,6H,5H2,1-2H3,(H,28,32)(H,26,27,30). The van der Waals surface area contributed by atoms with Gasteiger partial charge in [0.2, 0.25) is 11.6 Å². The smallest absolute Gasteiger partial charge is 0.419 e. The van der Waals surface area contributed by atoms with E-state index in [1.807, 2.05) is 0 Å². The minimum Gasteiger partial charge on any atom is -0.444 e. The number of fused-ring (bicyclic) bond motifs is 1. The van der Waals surface area contributed by atoms with Crippen LogP contribution in [0.5, 0.6) is 0 Å². The van der Waals surface area contributed by atoms with E-state index in [-0.39, 0.29) is 40.0 Å². The SMILES string of the molecule is Cc1oc2[nH]c(=O)n(C)c(=O)c2c1CC(=O)Nc1nc(-c2c(F)ccc(C(F)(F)F)c2F)cs1. The number of aryl methyl sites for hydroxylation is 1. The van der Waals surface area contributed by atoms with Crippen molar-refractivity contribution in [2.24, 2.45) is 7.05 Å². The summed E-state index contributed by atoms with van der Waals surface area (Å²) in [6.45, 7) is 1.49. The maximum atomic E-state index is 14.4. The van der Waals surface area contributed by atoms with E-state index in [4.69, 9.17) is 4.42 Å². The summed E-state index contributed by atoms with van der Waals surface area (Å²) in [6, 6.07) is 0.773. The third kappa shape index (κ3) is 4.00.